The minimum atomic E-state index is -1.00. The van der Waals surface area contributed by atoms with Gasteiger partial charge in [0, 0.05) is 5.69 Å². The van der Waals surface area contributed by atoms with Gasteiger partial charge in [-0.1, -0.05) is 18.2 Å². The van der Waals surface area contributed by atoms with Crippen molar-refractivity contribution in [3.63, 3.8) is 0 Å². The van der Waals surface area contributed by atoms with E-state index in [4.69, 9.17) is 9.84 Å². The number of nitrogens with zero attached hydrogens (tertiary/aromatic N) is 1. The number of benzene rings is 1. The van der Waals surface area contributed by atoms with Crippen LogP contribution in [0.25, 0.3) is 0 Å². The zero-order valence-electron chi connectivity index (χ0n) is 11.1. The van der Waals surface area contributed by atoms with Crippen molar-refractivity contribution in [1.82, 2.24) is 0 Å². The second kappa shape index (κ2) is 4.76. The maximum atomic E-state index is 11.0. The van der Waals surface area contributed by atoms with Gasteiger partial charge in [-0.2, -0.15) is 0 Å². The lowest BCUT2D eigenvalue weighted by atomic mass is 10.0. The Labute approximate surface area is 111 Å². The first-order chi connectivity index (χ1) is 8.90. The first kappa shape index (κ1) is 13.1. The summed E-state index contributed by atoms with van der Waals surface area (Å²) in [6.07, 6.45) is 0. The average molecular weight is 260 g/mol. The van der Waals surface area contributed by atoms with Crippen LogP contribution < -0.4 is 5.32 Å². The summed E-state index contributed by atoms with van der Waals surface area (Å²) >= 11 is 0. The van der Waals surface area contributed by atoms with Gasteiger partial charge in [0.05, 0.1) is 5.57 Å². The Bertz CT molecular complexity index is 559. The number of hydrogen-bond donors (Lipinski definition) is 2. The van der Waals surface area contributed by atoms with Crippen LogP contribution in [0.4, 0.5) is 5.69 Å². The van der Waals surface area contributed by atoms with Crippen LogP contribution in [0, 0.1) is 0 Å². The molecular weight excluding hydrogens is 244 g/mol. The van der Waals surface area contributed by atoms with Gasteiger partial charge in [-0.05, 0) is 32.9 Å². The number of carboxylic acids is 1. The van der Waals surface area contributed by atoms with E-state index in [0.717, 1.165) is 5.69 Å². The summed E-state index contributed by atoms with van der Waals surface area (Å²) in [5, 5.41) is 12.1. The number of carbonyl (C=O) groups is 1. The summed E-state index contributed by atoms with van der Waals surface area (Å²) in [5.41, 5.74) is 0.324. The molecule has 5 nitrogen and oxygen atoms in total. The number of carboxylic acid groups (broad SMARTS) is 1. The van der Waals surface area contributed by atoms with Crippen LogP contribution in [0.2, 0.25) is 0 Å². The lowest BCUT2D eigenvalue weighted by Crippen LogP contribution is -2.20. The first-order valence-corrected chi connectivity index (χ1v) is 5.94. The Kier molecular flexibility index (Phi) is 3.29. The SMILES string of the molecule is CC(C(=O)O)=C1OC(Nc2ccccc2)=NC1(C)C. The van der Waals surface area contributed by atoms with Crippen molar-refractivity contribution >= 4 is 17.7 Å². The van der Waals surface area contributed by atoms with Crippen LogP contribution >= 0.6 is 0 Å². The maximum Gasteiger partial charge on any atom is 0.334 e. The molecule has 0 saturated heterocycles. The van der Waals surface area contributed by atoms with E-state index in [1.165, 1.54) is 6.92 Å². The van der Waals surface area contributed by atoms with Gasteiger partial charge in [0.1, 0.15) is 11.3 Å². The number of anilines is 1. The molecule has 1 aromatic rings. The number of aliphatic imine (C=N–C) groups is 1. The standard InChI is InChI=1S/C14H16N2O3/c1-9(12(17)18)11-14(2,3)16-13(19-11)15-10-7-5-4-6-8-10/h4-8H,1-3H3,(H,15,16)(H,17,18). The normalized spacial score (nSPS) is 19.4. The van der Waals surface area contributed by atoms with E-state index in [0.29, 0.717) is 11.8 Å². The van der Waals surface area contributed by atoms with Gasteiger partial charge in [0.25, 0.3) is 6.02 Å². The molecule has 2 N–H and O–H groups in total. The summed E-state index contributed by atoms with van der Waals surface area (Å²) < 4.78 is 5.54. The molecule has 0 atom stereocenters. The smallest absolute Gasteiger partial charge is 0.334 e. The summed E-state index contributed by atoms with van der Waals surface area (Å²) in [5.74, 6) is -0.641. The zero-order chi connectivity index (χ0) is 14.0. The third-order valence-electron chi connectivity index (χ3n) is 2.82. The number of aliphatic carboxylic acids is 1. The number of nitrogens with one attached hydrogen (secondary N) is 1. The largest absolute Gasteiger partial charge is 0.478 e. The van der Waals surface area contributed by atoms with Crippen molar-refractivity contribution in [2.75, 3.05) is 5.32 Å². The van der Waals surface area contributed by atoms with E-state index < -0.39 is 11.5 Å². The number of rotatable bonds is 2. The Morgan fingerprint density at radius 2 is 1.95 bits per heavy atom. The minimum absolute atomic E-state index is 0.165. The third-order valence-corrected chi connectivity index (χ3v) is 2.82. The molecule has 0 fully saturated rings. The summed E-state index contributed by atoms with van der Waals surface area (Å²) in [6.45, 7) is 5.14. The molecule has 100 valence electrons. The lowest BCUT2D eigenvalue weighted by molar-refractivity contribution is -0.132. The highest BCUT2D eigenvalue weighted by Crippen LogP contribution is 2.31. The predicted molar refractivity (Wildman–Crippen MR) is 73.0 cm³/mol. The van der Waals surface area contributed by atoms with Crippen LogP contribution in [-0.4, -0.2) is 22.6 Å². The predicted octanol–water partition coefficient (Wildman–Crippen LogP) is 2.62. The minimum Gasteiger partial charge on any atom is -0.478 e. The van der Waals surface area contributed by atoms with Gasteiger partial charge in [0.15, 0.2) is 0 Å². The van der Waals surface area contributed by atoms with Crippen LogP contribution in [0.15, 0.2) is 46.7 Å². The monoisotopic (exact) mass is 260 g/mol. The van der Waals surface area contributed by atoms with Gasteiger partial charge >= 0.3 is 5.97 Å². The van der Waals surface area contributed by atoms with Crippen LogP contribution in [0.5, 0.6) is 0 Å². The van der Waals surface area contributed by atoms with Crippen molar-refractivity contribution < 1.29 is 14.6 Å². The van der Waals surface area contributed by atoms with Crippen molar-refractivity contribution in [2.45, 2.75) is 26.3 Å². The van der Waals surface area contributed by atoms with Crippen molar-refractivity contribution in [2.24, 2.45) is 4.99 Å². The Morgan fingerprint density at radius 1 is 1.32 bits per heavy atom. The molecule has 0 saturated carbocycles. The molecule has 0 radical (unpaired) electrons. The molecule has 2 rings (SSSR count). The Balaban J connectivity index is 2.24. The number of hydrogen-bond acceptors (Lipinski definition) is 4. The molecular formula is C14H16N2O3. The Hall–Kier alpha value is -2.30. The maximum absolute atomic E-state index is 11.0. The average Bonchev–Trinajstić information content (AvgIpc) is 2.64. The fraction of sp³-hybridized carbons (Fsp3) is 0.286. The second-order valence-corrected chi connectivity index (χ2v) is 4.83. The highest BCUT2D eigenvalue weighted by Gasteiger charge is 2.36. The van der Waals surface area contributed by atoms with Gasteiger partial charge < -0.3 is 15.2 Å². The van der Waals surface area contributed by atoms with Crippen molar-refractivity contribution in [3.05, 3.63) is 41.7 Å². The first-order valence-electron chi connectivity index (χ1n) is 5.94. The third kappa shape index (κ3) is 2.76. The zero-order valence-corrected chi connectivity index (χ0v) is 11.1. The van der Waals surface area contributed by atoms with Gasteiger partial charge in [-0.15, -0.1) is 0 Å². The molecule has 1 heterocycles. The van der Waals surface area contributed by atoms with E-state index in [1.54, 1.807) is 0 Å². The van der Waals surface area contributed by atoms with E-state index in [-0.39, 0.29) is 5.57 Å². The molecule has 0 aliphatic carbocycles. The molecule has 1 aliphatic heterocycles. The van der Waals surface area contributed by atoms with Gasteiger partial charge in [-0.25, -0.2) is 9.79 Å². The highest BCUT2D eigenvalue weighted by molar-refractivity contribution is 5.94. The van der Waals surface area contributed by atoms with Crippen LogP contribution in [0.1, 0.15) is 20.8 Å². The lowest BCUT2D eigenvalue weighted by Gasteiger charge is -2.15. The summed E-state index contributed by atoms with van der Waals surface area (Å²) in [6, 6.07) is 9.76. The second-order valence-electron chi connectivity index (χ2n) is 4.83. The quantitative estimate of drug-likeness (QED) is 0.802. The number of ether oxygens (including phenoxy) is 1. The van der Waals surface area contributed by atoms with Gasteiger partial charge in [-0.3, -0.25) is 0 Å². The van der Waals surface area contributed by atoms with E-state index in [2.05, 4.69) is 10.3 Å². The van der Waals surface area contributed by atoms with Crippen LogP contribution in [0.3, 0.4) is 0 Å². The molecule has 0 spiro atoms. The van der Waals surface area contributed by atoms with Crippen molar-refractivity contribution in [1.29, 1.82) is 0 Å². The molecule has 0 amide bonds. The fourth-order valence-corrected chi connectivity index (χ4v) is 1.88. The molecule has 0 unspecified atom stereocenters. The summed E-state index contributed by atoms with van der Waals surface area (Å²) in [7, 11) is 0. The van der Waals surface area contributed by atoms with E-state index in [1.807, 2.05) is 44.2 Å². The molecule has 5 heteroatoms. The van der Waals surface area contributed by atoms with E-state index in [9.17, 15) is 4.79 Å². The molecule has 1 aromatic carbocycles. The molecule has 0 aromatic heterocycles. The number of amidine groups is 1. The topological polar surface area (TPSA) is 70.9 Å². The number of para-hydroxylation sites is 1. The summed E-state index contributed by atoms with van der Waals surface area (Å²) in [4.78, 5) is 15.4. The van der Waals surface area contributed by atoms with Crippen LogP contribution in [-0.2, 0) is 9.53 Å². The Morgan fingerprint density at radius 3 is 2.53 bits per heavy atom. The van der Waals surface area contributed by atoms with E-state index >= 15 is 0 Å². The molecule has 1 aliphatic rings. The molecule has 0 bridgehead atoms. The highest BCUT2D eigenvalue weighted by atomic mass is 16.5. The molecule has 19 heavy (non-hydrogen) atoms. The van der Waals surface area contributed by atoms with Crippen molar-refractivity contribution in [3.8, 4) is 0 Å². The fourth-order valence-electron chi connectivity index (χ4n) is 1.88. The van der Waals surface area contributed by atoms with Gasteiger partial charge in [0.2, 0.25) is 0 Å².